The Hall–Kier alpha value is -3.92. The van der Waals surface area contributed by atoms with E-state index in [1.54, 1.807) is 6.20 Å². The normalized spacial score (nSPS) is 11.1. The molecule has 0 aliphatic carbocycles. The first kappa shape index (κ1) is 19.1. The highest BCUT2D eigenvalue weighted by Crippen LogP contribution is 2.31. The maximum atomic E-state index is 13.4. The Morgan fingerprint density at radius 3 is 2.39 bits per heavy atom. The van der Waals surface area contributed by atoms with E-state index in [1.165, 1.54) is 0 Å². The van der Waals surface area contributed by atoms with Gasteiger partial charge >= 0.3 is 0 Å². The van der Waals surface area contributed by atoms with Gasteiger partial charge < -0.3 is 9.30 Å². The molecule has 0 fully saturated rings. The molecule has 152 valence electrons. The number of carbonyl (C=O) groups excluding carboxylic acids is 1. The highest BCUT2D eigenvalue weighted by molar-refractivity contribution is 6.19. The number of benzene rings is 3. The molecular formula is C27H22N2O2. The predicted octanol–water partition coefficient (Wildman–Crippen LogP) is 6.02. The summed E-state index contributed by atoms with van der Waals surface area (Å²) in [6, 6.07) is 27.5. The van der Waals surface area contributed by atoms with E-state index in [0.717, 1.165) is 39.7 Å². The molecule has 3 aromatic carbocycles. The van der Waals surface area contributed by atoms with Crippen molar-refractivity contribution >= 4 is 27.6 Å². The molecule has 0 radical (unpaired) electrons. The summed E-state index contributed by atoms with van der Waals surface area (Å²) in [5.41, 5.74) is 4.19. The fraction of sp³-hybridized carbons (Fsp3) is 0.111. The fourth-order valence-corrected chi connectivity index (χ4v) is 4.08. The minimum Gasteiger partial charge on any atom is -0.489 e. The lowest BCUT2D eigenvalue weighted by Crippen LogP contribution is -2.08. The maximum Gasteiger partial charge on any atom is 0.213 e. The monoisotopic (exact) mass is 406 g/mol. The Balaban J connectivity index is 1.47. The Morgan fingerprint density at radius 2 is 1.61 bits per heavy atom. The second-order valence-electron chi connectivity index (χ2n) is 7.44. The van der Waals surface area contributed by atoms with E-state index in [0.29, 0.717) is 17.9 Å². The molecule has 2 aromatic heterocycles. The standard InChI is InChI=1S/C27H22N2O2/c1-2-29-24-11-7-6-10-22(24)23-16-17-28-25(26(23)29)27(30)20-12-14-21(15-13-20)31-18-19-8-4-3-5-9-19/h3-17H,2,18H2,1H3. The van der Waals surface area contributed by atoms with Gasteiger partial charge in [-0.15, -0.1) is 0 Å². The molecule has 2 heterocycles. The molecular weight excluding hydrogens is 384 g/mol. The zero-order valence-corrected chi connectivity index (χ0v) is 17.3. The van der Waals surface area contributed by atoms with E-state index >= 15 is 0 Å². The smallest absolute Gasteiger partial charge is 0.213 e. The third-order valence-electron chi connectivity index (χ3n) is 5.58. The molecule has 5 rings (SSSR count). The number of ketones is 1. The molecule has 5 aromatic rings. The number of nitrogens with zero attached hydrogens (tertiary/aromatic N) is 2. The van der Waals surface area contributed by atoms with Crippen LogP contribution in [0.3, 0.4) is 0 Å². The van der Waals surface area contributed by atoms with Crippen LogP contribution in [0.2, 0.25) is 0 Å². The first-order chi connectivity index (χ1) is 15.3. The van der Waals surface area contributed by atoms with E-state index in [-0.39, 0.29) is 5.78 Å². The van der Waals surface area contributed by atoms with Gasteiger partial charge in [0.15, 0.2) is 0 Å². The number of pyridine rings is 1. The summed E-state index contributed by atoms with van der Waals surface area (Å²) in [6.07, 6.45) is 1.72. The first-order valence-corrected chi connectivity index (χ1v) is 10.4. The summed E-state index contributed by atoms with van der Waals surface area (Å²) in [5, 5.41) is 2.19. The highest BCUT2D eigenvalue weighted by atomic mass is 16.5. The molecule has 0 saturated carbocycles. The Kier molecular flexibility index (Phi) is 4.97. The number of rotatable bonds is 6. The Morgan fingerprint density at radius 1 is 0.871 bits per heavy atom. The van der Waals surface area contributed by atoms with Gasteiger partial charge in [0.05, 0.1) is 5.52 Å². The topological polar surface area (TPSA) is 44.1 Å². The van der Waals surface area contributed by atoms with Crippen LogP contribution in [0.1, 0.15) is 28.5 Å². The predicted molar refractivity (Wildman–Crippen MR) is 124 cm³/mol. The summed E-state index contributed by atoms with van der Waals surface area (Å²) >= 11 is 0. The van der Waals surface area contributed by atoms with Crippen LogP contribution in [0.25, 0.3) is 21.8 Å². The van der Waals surface area contributed by atoms with Crippen molar-refractivity contribution in [2.45, 2.75) is 20.1 Å². The van der Waals surface area contributed by atoms with Crippen LogP contribution in [0.15, 0.2) is 91.1 Å². The van der Waals surface area contributed by atoms with Gasteiger partial charge in [0.2, 0.25) is 5.78 Å². The fourth-order valence-electron chi connectivity index (χ4n) is 4.08. The molecule has 0 amide bonds. The van der Waals surface area contributed by atoms with Crippen molar-refractivity contribution in [3.8, 4) is 5.75 Å². The van der Waals surface area contributed by atoms with Gasteiger partial charge in [-0.25, -0.2) is 0 Å². The molecule has 31 heavy (non-hydrogen) atoms. The summed E-state index contributed by atoms with van der Waals surface area (Å²) < 4.78 is 8.02. The van der Waals surface area contributed by atoms with Crippen molar-refractivity contribution in [3.05, 3.63) is 108 Å². The van der Waals surface area contributed by atoms with Gasteiger partial charge in [-0.3, -0.25) is 9.78 Å². The van der Waals surface area contributed by atoms with Crippen LogP contribution < -0.4 is 4.74 Å². The Labute approximate surface area is 180 Å². The molecule has 0 atom stereocenters. The summed E-state index contributed by atoms with van der Waals surface area (Å²) in [7, 11) is 0. The van der Waals surface area contributed by atoms with Crippen LogP contribution >= 0.6 is 0 Å². The zero-order valence-electron chi connectivity index (χ0n) is 17.3. The Bertz CT molecular complexity index is 1370. The number of para-hydroxylation sites is 1. The van der Waals surface area contributed by atoms with E-state index in [4.69, 9.17) is 4.74 Å². The van der Waals surface area contributed by atoms with Crippen molar-refractivity contribution in [2.24, 2.45) is 0 Å². The van der Waals surface area contributed by atoms with E-state index in [2.05, 4.69) is 28.6 Å². The quantitative estimate of drug-likeness (QED) is 0.324. The number of aromatic nitrogens is 2. The van der Waals surface area contributed by atoms with Crippen molar-refractivity contribution < 1.29 is 9.53 Å². The average molecular weight is 406 g/mol. The largest absolute Gasteiger partial charge is 0.489 e. The molecule has 4 heteroatoms. The molecule has 0 N–H and O–H groups in total. The average Bonchev–Trinajstić information content (AvgIpc) is 3.17. The summed E-state index contributed by atoms with van der Waals surface area (Å²) in [5.74, 6) is 0.645. The molecule has 0 aliphatic rings. The summed E-state index contributed by atoms with van der Waals surface area (Å²) in [6.45, 7) is 3.35. The lowest BCUT2D eigenvalue weighted by atomic mass is 10.1. The van der Waals surface area contributed by atoms with E-state index in [1.807, 2.05) is 72.8 Å². The van der Waals surface area contributed by atoms with Crippen molar-refractivity contribution in [3.63, 3.8) is 0 Å². The SMILES string of the molecule is CCn1c2ccccc2c2ccnc(C(=O)c3ccc(OCc4ccccc4)cc3)c21. The van der Waals surface area contributed by atoms with Crippen LogP contribution in [0, 0.1) is 0 Å². The van der Waals surface area contributed by atoms with Gasteiger partial charge in [-0.1, -0.05) is 48.5 Å². The van der Waals surface area contributed by atoms with Crippen molar-refractivity contribution in [1.29, 1.82) is 0 Å². The molecule has 0 saturated heterocycles. The second-order valence-corrected chi connectivity index (χ2v) is 7.44. The zero-order chi connectivity index (χ0) is 21.2. The number of aryl methyl sites for hydroxylation is 1. The number of ether oxygens (including phenoxy) is 1. The third kappa shape index (κ3) is 3.46. The van der Waals surface area contributed by atoms with Gasteiger partial charge in [0.25, 0.3) is 0 Å². The van der Waals surface area contributed by atoms with Gasteiger partial charge in [0, 0.05) is 34.6 Å². The lowest BCUT2D eigenvalue weighted by molar-refractivity contribution is 0.103. The molecule has 0 unspecified atom stereocenters. The number of fused-ring (bicyclic) bond motifs is 3. The third-order valence-corrected chi connectivity index (χ3v) is 5.58. The number of hydrogen-bond acceptors (Lipinski definition) is 3. The molecule has 0 aliphatic heterocycles. The number of hydrogen-bond donors (Lipinski definition) is 0. The summed E-state index contributed by atoms with van der Waals surface area (Å²) in [4.78, 5) is 17.9. The second kappa shape index (κ2) is 8.07. The minimum atomic E-state index is -0.0854. The van der Waals surface area contributed by atoms with Crippen LogP contribution in [0.4, 0.5) is 0 Å². The van der Waals surface area contributed by atoms with Gasteiger partial charge in [-0.05, 0) is 48.9 Å². The van der Waals surface area contributed by atoms with Crippen molar-refractivity contribution in [1.82, 2.24) is 9.55 Å². The van der Waals surface area contributed by atoms with Crippen LogP contribution in [-0.2, 0) is 13.2 Å². The van der Waals surface area contributed by atoms with E-state index in [9.17, 15) is 4.79 Å². The number of carbonyl (C=O) groups is 1. The molecule has 0 spiro atoms. The van der Waals surface area contributed by atoms with Crippen LogP contribution in [0.5, 0.6) is 5.75 Å². The first-order valence-electron chi connectivity index (χ1n) is 10.4. The van der Waals surface area contributed by atoms with Gasteiger partial charge in [0.1, 0.15) is 18.1 Å². The van der Waals surface area contributed by atoms with E-state index < -0.39 is 0 Å². The molecule has 0 bridgehead atoms. The lowest BCUT2D eigenvalue weighted by Gasteiger charge is -2.09. The van der Waals surface area contributed by atoms with Gasteiger partial charge in [-0.2, -0.15) is 0 Å². The maximum absolute atomic E-state index is 13.4. The minimum absolute atomic E-state index is 0.0854. The van der Waals surface area contributed by atoms with Crippen LogP contribution in [-0.4, -0.2) is 15.3 Å². The highest BCUT2D eigenvalue weighted by Gasteiger charge is 2.19. The van der Waals surface area contributed by atoms with Crippen molar-refractivity contribution in [2.75, 3.05) is 0 Å². The molecule has 4 nitrogen and oxygen atoms in total.